The van der Waals surface area contributed by atoms with Crippen molar-refractivity contribution in [1.29, 1.82) is 0 Å². The SMILES string of the molecule is C=CCC(Cc1ccc(Cl)cc1)C(=O)O. The highest BCUT2D eigenvalue weighted by atomic mass is 35.5. The molecule has 0 spiro atoms. The Balaban J connectivity index is 2.69. The molecular weight excluding hydrogens is 212 g/mol. The number of carboxylic acid groups (broad SMARTS) is 1. The predicted molar refractivity (Wildman–Crippen MR) is 61.1 cm³/mol. The van der Waals surface area contributed by atoms with Crippen LogP contribution in [0.15, 0.2) is 36.9 Å². The van der Waals surface area contributed by atoms with Gasteiger partial charge in [-0.2, -0.15) is 0 Å². The lowest BCUT2D eigenvalue weighted by Gasteiger charge is -2.09. The van der Waals surface area contributed by atoms with E-state index >= 15 is 0 Å². The fourth-order valence-corrected chi connectivity index (χ4v) is 1.50. The Morgan fingerprint density at radius 1 is 1.47 bits per heavy atom. The molecule has 0 aliphatic carbocycles. The van der Waals surface area contributed by atoms with Crippen molar-refractivity contribution >= 4 is 17.6 Å². The average Bonchev–Trinajstić information content (AvgIpc) is 2.20. The summed E-state index contributed by atoms with van der Waals surface area (Å²) in [6.07, 6.45) is 2.63. The van der Waals surface area contributed by atoms with Gasteiger partial charge in [0, 0.05) is 5.02 Å². The minimum Gasteiger partial charge on any atom is -0.481 e. The largest absolute Gasteiger partial charge is 0.481 e. The normalized spacial score (nSPS) is 12.1. The van der Waals surface area contributed by atoms with E-state index in [-0.39, 0.29) is 0 Å². The van der Waals surface area contributed by atoms with E-state index in [1.807, 2.05) is 12.1 Å². The molecule has 0 amide bonds. The van der Waals surface area contributed by atoms with Crippen LogP contribution in [0.2, 0.25) is 5.02 Å². The summed E-state index contributed by atoms with van der Waals surface area (Å²) in [7, 11) is 0. The van der Waals surface area contributed by atoms with Crippen LogP contribution in [0, 0.1) is 5.92 Å². The highest BCUT2D eigenvalue weighted by molar-refractivity contribution is 6.30. The molecule has 1 aromatic carbocycles. The first-order chi connectivity index (χ1) is 7.13. The van der Waals surface area contributed by atoms with Gasteiger partial charge >= 0.3 is 5.97 Å². The van der Waals surface area contributed by atoms with Gasteiger partial charge in [-0.3, -0.25) is 4.79 Å². The third-order valence-corrected chi connectivity index (χ3v) is 2.45. The van der Waals surface area contributed by atoms with Crippen LogP contribution in [0.3, 0.4) is 0 Å². The zero-order valence-corrected chi connectivity index (χ0v) is 9.07. The first kappa shape index (κ1) is 11.8. The molecule has 1 rings (SSSR count). The highest BCUT2D eigenvalue weighted by Crippen LogP contribution is 2.16. The van der Waals surface area contributed by atoms with Crippen molar-refractivity contribution in [3.05, 3.63) is 47.5 Å². The van der Waals surface area contributed by atoms with E-state index in [1.54, 1.807) is 18.2 Å². The van der Waals surface area contributed by atoms with Crippen LogP contribution in [-0.2, 0) is 11.2 Å². The summed E-state index contributed by atoms with van der Waals surface area (Å²) in [6, 6.07) is 7.23. The van der Waals surface area contributed by atoms with Crippen LogP contribution in [0.1, 0.15) is 12.0 Å². The molecule has 0 heterocycles. The zero-order valence-electron chi connectivity index (χ0n) is 8.32. The fourth-order valence-electron chi connectivity index (χ4n) is 1.38. The smallest absolute Gasteiger partial charge is 0.307 e. The Bertz CT molecular complexity index is 343. The Morgan fingerprint density at radius 3 is 2.53 bits per heavy atom. The van der Waals surface area contributed by atoms with Gasteiger partial charge in [0.05, 0.1) is 5.92 Å². The summed E-state index contributed by atoms with van der Waals surface area (Å²) in [5, 5.41) is 9.61. The van der Waals surface area contributed by atoms with Crippen molar-refractivity contribution < 1.29 is 9.90 Å². The molecule has 3 heteroatoms. The minimum atomic E-state index is -0.787. The lowest BCUT2D eigenvalue weighted by atomic mass is 9.96. The van der Waals surface area contributed by atoms with Crippen molar-refractivity contribution in [2.75, 3.05) is 0 Å². The summed E-state index contributed by atoms with van der Waals surface area (Å²) < 4.78 is 0. The van der Waals surface area contributed by atoms with Crippen molar-refractivity contribution in [3.63, 3.8) is 0 Å². The molecular formula is C12H13ClO2. The predicted octanol–water partition coefficient (Wildman–Crippen LogP) is 3.16. The first-order valence-electron chi connectivity index (χ1n) is 4.71. The minimum absolute atomic E-state index is 0.399. The number of allylic oxidation sites excluding steroid dienone is 1. The van der Waals surface area contributed by atoms with E-state index in [9.17, 15) is 4.79 Å². The second kappa shape index (κ2) is 5.56. The second-order valence-electron chi connectivity index (χ2n) is 3.39. The monoisotopic (exact) mass is 224 g/mol. The number of carbonyl (C=O) groups is 1. The molecule has 0 radical (unpaired) electrons. The van der Waals surface area contributed by atoms with Gasteiger partial charge in [-0.15, -0.1) is 6.58 Å². The van der Waals surface area contributed by atoms with Crippen LogP contribution in [0.25, 0.3) is 0 Å². The number of hydrogen-bond donors (Lipinski definition) is 1. The van der Waals surface area contributed by atoms with Crippen molar-refractivity contribution in [2.24, 2.45) is 5.92 Å². The molecule has 0 aromatic heterocycles. The molecule has 0 saturated carbocycles. The van der Waals surface area contributed by atoms with E-state index in [2.05, 4.69) is 6.58 Å². The Morgan fingerprint density at radius 2 is 2.07 bits per heavy atom. The maximum absolute atomic E-state index is 10.9. The van der Waals surface area contributed by atoms with Crippen LogP contribution in [0.4, 0.5) is 0 Å². The number of aliphatic carboxylic acids is 1. The van der Waals surface area contributed by atoms with Crippen LogP contribution in [0.5, 0.6) is 0 Å². The average molecular weight is 225 g/mol. The summed E-state index contributed by atoms with van der Waals surface area (Å²) >= 11 is 5.74. The van der Waals surface area contributed by atoms with Gasteiger partial charge < -0.3 is 5.11 Å². The third kappa shape index (κ3) is 3.76. The Labute approximate surface area is 94.2 Å². The van der Waals surface area contributed by atoms with Gasteiger partial charge in [-0.05, 0) is 30.5 Å². The van der Waals surface area contributed by atoms with Gasteiger partial charge in [0.1, 0.15) is 0 Å². The zero-order chi connectivity index (χ0) is 11.3. The Hall–Kier alpha value is -1.28. The van der Waals surface area contributed by atoms with Gasteiger partial charge in [0.2, 0.25) is 0 Å². The van der Waals surface area contributed by atoms with E-state index in [0.717, 1.165) is 5.56 Å². The first-order valence-corrected chi connectivity index (χ1v) is 5.09. The molecule has 0 aliphatic rings. The van der Waals surface area contributed by atoms with Gasteiger partial charge in [-0.25, -0.2) is 0 Å². The lowest BCUT2D eigenvalue weighted by Crippen LogP contribution is -2.15. The van der Waals surface area contributed by atoms with Crippen LogP contribution < -0.4 is 0 Å². The highest BCUT2D eigenvalue weighted by Gasteiger charge is 2.15. The summed E-state index contributed by atoms with van der Waals surface area (Å²) in [6.45, 7) is 3.55. The maximum Gasteiger partial charge on any atom is 0.307 e. The summed E-state index contributed by atoms with van der Waals surface area (Å²) in [5.41, 5.74) is 0.980. The third-order valence-electron chi connectivity index (χ3n) is 2.20. The van der Waals surface area contributed by atoms with Gasteiger partial charge in [0.25, 0.3) is 0 Å². The molecule has 1 atom stereocenters. The molecule has 80 valence electrons. The van der Waals surface area contributed by atoms with E-state index < -0.39 is 11.9 Å². The molecule has 2 nitrogen and oxygen atoms in total. The van der Waals surface area contributed by atoms with Crippen LogP contribution >= 0.6 is 11.6 Å². The number of halogens is 1. The number of carboxylic acids is 1. The summed E-state index contributed by atoms with van der Waals surface area (Å²) in [5.74, 6) is -1.19. The molecule has 1 N–H and O–H groups in total. The van der Waals surface area contributed by atoms with E-state index in [1.165, 1.54) is 0 Å². The van der Waals surface area contributed by atoms with E-state index in [4.69, 9.17) is 16.7 Å². The molecule has 15 heavy (non-hydrogen) atoms. The number of benzene rings is 1. The maximum atomic E-state index is 10.9. The van der Waals surface area contributed by atoms with Gasteiger partial charge in [0.15, 0.2) is 0 Å². The number of rotatable bonds is 5. The fraction of sp³-hybridized carbons (Fsp3) is 0.250. The standard InChI is InChI=1S/C12H13ClO2/c1-2-3-10(12(14)15)8-9-4-6-11(13)7-5-9/h2,4-7,10H,1,3,8H2,(H,14,15). The second-order valence-corrected chi connectivity index (χ2v) is 3.83. The molecule has 0 fully saturated rings. The van der Waals surface area contributed by atoms with E-state index in [0.29, 0.717) is 17.9 Å². The number of hydrogen-bond acceptors (Lipinski definition) is 1. The molecule has 0 saturated heterocycles. The quantitative estimate of drug-likeness (QED) is 0.781. The molecule has 0 aliphatic heterocycles. The topological polar surface area (TPSA) is 37.3 Å². The summed E-state index contributed by atoms with van der Waals surface area (Å²) in [4.78, 5) is 10.9. The van der Waals surface area contributed by atoms with Crippen LogP contribution in [-0.4, -0.2) is 11.1 Å². The molecule has 1 aromatic rings. The van der Waals surface area contributed by atoms with Gasteiger partial charge in [-0.1, -0.05) is 29.8 Å². The van der Waals surface area contributed by atoms with Crippen molar-refractivity contribution in [2.45, 2.75) is 12.8 Å². The van der Waals surface area contributed by atoms with Crippen molar-refractivity contribution in [3.8, 4) is 0 Å². The lowest BCUT2D eigenvalue weighted by molar-refractivity contribution is -0.141. The Kier molecular flexibility index (Phi) is 4.37. The molecule has 0 bridgehead atoms. The molecule has 1 unspecified atom stereocenters. The van der Waals surface area contributed by atoms with Crippen molar-refractivity contribution in [1.82, 2.24) is 0 Å².